The van der Waals surface area contributed by atoms with E-state index in [1.807, 2.05) is 6.92 Å². The molecular weight excluding hydrogens is 244 g/mol. The van der Waals surface area contributed by atoms with Crippen molar-refractivity contribution in [3.8, 4) is 11.5 Å². The zero-order chi connectivity index (χ0) is 14.6. The van der Waals surface area contributed by atoms with Crippen LogP contribution in [-0.4, -0.2) is 23.3 Å². The SMILES string of the molecule is C=C(C)CCc1c(OC)ccc(C(=C)C(=O)O)c1O. The molecule has 0 aromatic heterocycles. The molecule has 0 atom stereocenters. The lowest BCUT2D eigenvalue weighted by Gasteiger charge is -2.14. The third-order valence-corrected chi connectivity index (χ3v) is 2.84. The first-order valence-corrected chi connectivity index (χ1v) is 5.84. The Labute approximate surface area is 112 Å². The number of phenols is 1. The Kier molecular flexibility index (Phi) is 4.75. The van der Waals surface area contributed by atoms with E-state index in [2.05, 4.69) is 13.2 Å². The third-order valence-electron chi connectivity index (χ3n) is 2.84. The molecule has 1 rings (SSSR count). The molecule has 0 fully saturated rings. The van der Waals surface area contributed by atoms with Gasteiger partial charge in [-0.3, -0.25) is 0 Å². The fourth-order valence-electron chi connectivity index (χ4n) is 1.75. The van der Waals surface area contributed by atoms with Crippen molar-refractivity contribution < 1.29 is 19.7 Å². The fraction of sp³-hybridized carbons (Fsp3) is 0.267. The number of hydrogen-bond donors (Lipinski definition) is 2. The molecule has 2 N–H and O–H groups in total. The monoisotopic (exact) mass is 262 g/mol. The van der Waals surface area contributed by atoms with Crippen LogP contribution in [-0.2, 0) is 11.2 Å². The van der Waals surface area contributed by atoms with Gasteiger partial charge in [0.2, 0.25) is 0 Å². The zero-order valence-corrected chi connectivity index (χ0v) is 11.2. The Balaban J connectivity index is 3.25. The quantitative estimate of drug-likeness (QED) is 0.611. The number of benzene rings is 1. The molecule has 0 saturated carbocycles. The van der Waals surface area contributed by atoms with Crippen molar-refractivity contribution in [2.24, 2.45) is 0 Å². The van der Waals surface area contributed by atoms with E-state index in [1.54, 1.807) is 6.07 Å². The number of methoxy groups -OCH3 is 1. The summed E-state index contributed by atoms with van der Waals surface area (Å²) in [5, 5.41) is 19.1. The van der Waals surface area contributed by atoms with E-state index in [1.165, 1.54) is 13.2 Å². The smallest absolute Gasteiger partial charge is 0.335 e. The summed E-state index contributed by atoms with van der Waals surface area (Å²) in [6, 6.07) is 3.13. The summed E-state index contributed by atoms with van der Waals surface area (Å²) in [6.07, 6.45) is 1.22. The molecule has 4 nitrogen and oxygen atoms in total. The summed E-state index contributed by atoms with van der Waals surface area (Å²) < 4.78 is 5.19. The number of aromatic hydroxyl groups is 1. The Bertz CT molecular complexity index is 529. The first-order valence-electron chi connectivity index (χ1n) is 5.84. The van der Waals surface area contributed by atoms with Gasteiger partial charge in [-0.05, 0) is 31.9 Å². The second-order valence-electron chi connectivity index (χ2n) is 4.38. The third kappa shape index (κ3) is 3.37. The molecule has 0 bridgehead atoms. The molecule has 19 heavy (non-hydrogen) atoms. The van der Waals surface area contributed by atoms with Gasteiger partial charge >= 0.3 is 5.97 Å². The normalized spacial score (nSPS) is 10.0. The van der Waals surface area contributed by atoms with Gasteiger partial charge < -0.3 is 14.9 Å². The van der Waals surface area contributed by atoms with Crippen molar-refractivity contribution >= 4 is 11.5 Å². The molecular formula is C15H18O4. The van der Waals surface area contributed by atoms with Crippen LogP contribution in [0.5, 0.6) is 11.5 Å². The number of phenolic OH excluding ortho intramolecular Hbond substituents is 1. The van der Waals surface area contributed by atoms with Gasteiger partial charge in [-0.2, -0.15) is 0 Å². The Morgan fingerprint density at radius 2 is 2.00 bits per heavy atom. The van der Waals surface area contributed by atoms with Crippen molar-refractivity contribution in [2.75, 3.05) is 7.11 Å². The molecule has 0 aliphatic rings. The van der Waals surface area contributed by atoms with E-state index in [9.17, 15) is 9.90 Å². The van der Waals surface area contributed by atoms with Gasteiger partial charge in [0.25, 0.3) is 0 Å². The van der Waals surface area contributed by atoms with Crippen LogP contribution in [0.2, 0.25) is 0 Å². The van der Waals surface area contributed by atoms with E-state index < -0.39 is 5.97 Å². The van der Waals surface area contributed by atoms with Crippen molar-refractivity contribution in [3.63, 3.8) is 0 Å². The summed E-state index contributed by atoms with van der Waals surface area (Å²) >= 11 is 0. The van der Waals surface area contributed by atoms with E-state index in [0.29, 0.717) is 24.2 Å². The average Bonchev–Trinajstić information content (AvgIpc) is 2.35. The Morgan fingerprint density at radius 3 is 2.47 bits per heavy atom. The Morgan fingerprint density at radius 1 is 1.37 bits per heavy atom. The van der Waals surface area contributed by atoms with Crippen molar-refractivity contribution in [2.45, 2.75) is 19.8 Å². The fourth-order valence-corrected chi connectivity index (χ4v) is 1.75. The maximum Gasteiger partial charge on any atom is 0.335 e. The topological polar surface area (TPSA) is 66.8 Å². The number of carbonyl (C=O) groups is 1. The highest BCUT2D eigenvalue weighted by Crippen LogP contribution is 2.35. The van der Waals surface area contributed by atoms with Crippen molar-refractivity contribution in [3.05, 3.63) is 42.0 Å². The molecule has 0 radical (unpaired) electrons. The summed E-state index contributed by atoms with van der Waals surface area (Å²) in [5.41, 5.74) is 1.62. The van der Waals surface area contributed by atoms with Gasteiger partial charge in [-0.15, -0.1) is 6.58 Å². The minimum absolute atomic E-state index is 0.0898. The number of aliphatic carboxylic acids is 1. The van der Waals surface area contributed by atoms with Crippen LogP contribution in [0.15, 0.2) is 30.9 Å². The second-order valence-corrected chi connectivity index (χ2v) is 4.38. The standard InChI is InChI=1S/C15H18O4/c1-9(2)5-6-12-13(19-4)8-7-11(14(12)16)10(3)15(17)18/h7-8,16H,1,3,5-6H2,2,4H3,(H,17,18). The van der Waals surface area contributed by atoms with Gasteiger partial charge in [-0.25, -0.2) is 4.79 Å². The molecule has 0 spiro atoms. The molecule has 1 aromatic rings. The van der Waals surface area contributed by atoms with Crippen LogP contribution in [0.25, 0.3) is 5.57 Å². The first-order chi connectivity index (χ1) is 8.88. The van der Waals surface area contributed by atoms with Crippen molar-refractivity contribution in [1.82, 2.24) is 0 Å². The summed E-state index contributed by atoms with van der Waals surface area (Å²) in [6.45, 7) is 9.16. The molecule has 0 aliphatic heterocycles. The van der Waals surface area contributed by atoms with Crippen LogP contribution in [0.3, 0.4) is 0 Å². The maximum atomic E-state index is 10.9. The predicted molar refractivity (Wildman–Crippen MR) is 74.5 cm³/mol. The highest BCUT2D eigenvalue weighted by atomic mass is 16.5. The number of carboxylic acid groups (broad SMARTS) is 1. The van der Waals surface area contributed by atoms with Gasteiger partial charge in [0.05, 0.1) is 12.7 Å². The number of carboxylic acids is 1. The zero-order valence-electron chi connectivity index (χ0n) is 11.2. The predicted octanol–water partition coefficient (Wildman–Crippen LogP) is 3.01. The molecule has 102 valence electrons. The van der Waals surface area contributed by atoms with Crippen LogP contribution < -0.4 is 4.74 Å². The molecule has 0 saturated heterocycles. The highest BCUT2D eigenvalue weighted by Gasteiger charge is 2.18. The van der Waals surface area contributed by atoms with Gasteiger partial charge in [0.1, 0.15) is 11.5 Å². The van der Waals surface area contributed by atoms with Gasteiger partial charge in [-0.1, -0.05) is 12.2 Å². The summed E-state index contributed by atoms with van der Waals surface area (Å²) in [5.74, 6) is -0.722. The molecule has 0 heterocycles. The van der Waals surface area contributed by atoms with Gasteiger partial charge in [0.15, 0.2) is 0 Å². The second kappa shape index (κ2) is 6.09. The minimum Gasteiger partial charge on any atom is -0.507 e. The summed E-state index contributed by atoms with van der Waals surface area (Å²) in [4.78, 5) is 10.9. The van der Waals surface area contributed by atoms with E-state index in [-0.39, 0.29) is 16.9 Å². The average molecular weight is 262 g/mol. The van der Waals surface area contributed by atoms with Crippen LogP contribution >= 0.6 is 0 Å². The van der Waals surface area contributed by atoms with Crippen LogP contribution in [0.4, 0.5) is 0 Å². The first kappa shape index (κ1) is 14.8. The number of allylic oxidation sites excluding steroid dienone is 1. The Hall–Kier alpha value is -2.23. The summed E-state index contributed by atoms with van der Waals surface area (Å²) in [7, 11) is 1.50. The van der Waals surface area contributed by atoms with E-state index in [4.69, 9.17) is 9.84 Å². The lowest BCUT2D eigenvalue weighted by molar-refractivity contribution is -0.130. The highest BCUT2D eigenvalue weighted by molar-refractivity contribution is 6.15. The lowest BCUT2D eigenvalue weighted by Crippen LogP contribution is -2.01. The lowest BCUT2D eigenvalue weighted by atomic mass is 9.98. The van der Waals surface area contributed by atoms with Crippen LogP contribution in [0, 0.1) is 0 Å². The molecule has 4 heteroatoms. The number of hydrogen-bond acceptors (Lipinski definition) is 3. The molecule has 0 unspecified atom stereocenters. The van der Waals surface area contributed by atoms with E-state index >= 15 is 0 Å². The minimum atomic E-state index is -1.16. The van der Waals surface area contributed by atoms with E-state index in [0.717, 1.165) is 5.57 Å². The molecule has 0 aliphatic carbocycles. The number of ether oxygens (including phenoxy) is 1. The van der Waals surface area contributed by atoms with Crippen molar-refractivity contribution in [1.29, 1.82) is 0 Å². The molecule has 0 amide bonds. The number of rotatable bonds is 6. The maximum absolute atomic E-state index is 10.9. The van der Waals surface area contributed by atoms with Crippen LogP contribution in [0.1, 0.15) is 24.5 Å². The largest absolute Gasteiger partial charge is 0.507 e. The molecule has 1 aromatic carbocycles. The van der Waals surface area contributed by atoms with Gasteiger partial charge in [0, 0.05) is 11.1 Å².